The lowest BCUT2D eigenvalue weighted by Crippen LogP contribution is -1.92. The molecule has 2 rings (SSSR count). The number of methoxy groups -OCH3 is 1. The molecule has 20 heavy (non-hydrogen) atoms. The molecule has 0 heterocycles. The molecule has 104 valence electrons. The Morgan fingerprint density at radius 2 is 1.70 bits per heavy atom. The monoisotopic (exact) mass is 347 g/mol. The Morgan fingerprint density at radius 3 is 2.35 bits per heavy atom. The molecule has 0 N–H and O–H groups in total. The van der Waals surface area contributed by atoms with E-state index in [1.807, 2.05) is 0 Å². The fourth-order valence-corrected chi connectivity index (χ4v) is 2.48. The van der Waals surface area contributed by atoms with Gasteiger partial charge in [-0.15, -0.1) is 0 Å². The van der Waals surface area contributed by atoms with Crippen LogP contribution in [0.3, 0.4) is 0 Å². The highest BCUT2D eigenvalue weighted by Crippen LogP contribution is 2.32. The van der Waals surface area contributed by atoms with Crippen LogP contribution in [0, 0.1) is 0 Å². The fourth-order valence-electron chi connectivity index (χ4n) is 1.60. The average molecular weight is 349 g/mol. The molecule has 0 spiro atoms. The molecule has 0 aromatic heterocycles. The van der Waals surface area contributed by atoms with Crippen LogP contribution in [-0.4, -0.2) is 13.3 Å². The van der Waals surface area contributed by atoms with Gasteiger partial charge < -0.3 is 4.74 Å². The Morgan fingerprint density at radius 1 is 0.950 bits per heavy atom. The third-order valence-corrected chi connectivity index (χ3v) is 3.74. The molecule has 6 heteroatoms. The maximum Gasteiger partial charge on any atom is 0.146 e. The standard InChI is InChI=1S/C14H9Cl4NO/c1-20-14-8(4-9(15)5-13(14)18)7-19-10-2-3-11(16)12(17)6-10/h2-7H,1H3. The van der Waals surface area contributed by atoms with Crippen LogP contribution < -0.4 is 4.74 Å². The SMILES string of the molecule is COc1c(Cl)cc(Cl)cc1C=Nc1ccc(Cl)c(Cl)c1. The molecule has 0 bridgehead atoms. The van der Waals surface area contributed by atoms with Crippen molar-refractivity contribution in [1.82, 2.24) is 0 Å². The second-order valence-electron chi connectivity index (χ2n) is 3.87. The molecule has 0 saturated carbocycles. The average Bonchev–Trinajstić information content (AvgIpc) is 2.39. The van der Waals surface area contributed by atoms with Crippen LogP contribution >= 0.6 is 46.4 Å². The number of hydrogen-bond donors (Lipinski definition) is 0. The first-order chi connectivity index (χ1) is 9.51. The Labute approximate surface area is 136 Å². The summed E-state index contributed by atoms with van der Waals surface area (Å²) in [5.41, 5.74) is 1.34. The van der Waals surface area contributed by atoms with Crippen molar-refractivity contribution < 1.29 is 4.74 Å². The number of ether oxygens (including phenoxy) is 1. The number of rotatable bonds is 3. The van der Waals surface area contributed by atoms with Crippen molar-refractivity contribution >= 4 is 58.3 Å². The normalized spacial score (nSPS) is 11.1. The minimum Gasteiger partial charge on any atom is -0.495 e. The summed E-state index contributed by atoms with van der Waals surface area (Å²) in [4.78, 5) is 4.30. The summed E-state index contributed by atoms with van der Waals surface area (Å²) in [6.07, 6.45) is 1.61. The van der Waals surface area contributed by atoms with Crippen molar-refractivity contribution in [1.29, 1.82) is 0 Å². The summed E-state index contributed by atoms with van der Waals surface area (Å²) in [6, 6.07) is 8.42. The van der Waals surface area contributed by atoms with Crippen molar-refractivity contribution in [3.8, 4) is 5.75 Å². The van der Waals surface area contributed by atoms with E-state index >= 15 is 0 Å². The Kier molecular flexibility index (Phi) is 5.17. The van der Waals surface area contributed by atoms with Crippen LogP contribution in [0.2, 0.25) is 20.1 Å². The van der Waals surface area contributed by atoms with E-state index in [1.54, 1.807) is 36.5 Å². The van der Waals surface area contributed by atoms with Crippen LogP contribution in [0.5, 0.6) is 5.75 Å². The van der Waals surface area contributed by atoms with Crippen molar-refractivity contribution in [2.75, 3.05) is 7.11 Å². The van der Waals surface area contributed by atoms with Crippen LogP contribution in [0.25, 0.3) is 0 Å². The summed E-state index contributed by atoms with van der Waals surface area (Å²) in [5.74, 6) is 0.514. The molecule has 0 radical (unpaired) electrons. The maximum atomic E-state index is 6.05. The van der Waals surface area contributed by atoms with Crippen LogP contribution in [0.4, 0.5) is 5.69 Å². The molecule has 2 aromatic carbocycles. The first kappa shape index (κ1) is 15.5. The van der Waals surface area contributed by atoms with E-state index in [0.29, 0.717) is 37.1 Å². The number of halogens is 4. The molecule has 0 saturated heterocycles. The second kappa shape index (κ2) is 6.68. The summed E-state index contributed by atoms with van der Waals surface area (Å²) in [5, 5.41) is 1.85. The molecule has 0 atom stereocenters. The van der Waals surface area contributed by atoms with Gasteiger partial charge in [0, 0.05) is 16.8 Å². The lowest BCUT2D eigenvalue weighted by atomic mass is 10.2. The molecule has 0 unspecified atom stereocenters. The second-order valence-corrected chi connectivity index (χ2v) is 5.52. The van der Waals surface area contributed by atoms with Gasteiger partial charge in [-0.2, -0.15) is 0 Å². The van der Waals surface area contributed by atoms with Gasteiger partial charge in [0.25, 0.3) is 0 Å². The molecular formula is C14H9Cl4NO. The van der Waals surface area contributed by atoms with Crippen molar-refractivity contribution in [3.05, 3.63) is 56.0 Å². The largest absolute Gasteiger partial charge is 0.495 e. The minimum absolute atomic E-state index is 0.426. The van der Waals surface area contributed by atoms with E-state index < -0.39 is 0 Å². The van der Waals surface area contributed by atoms with Gasteiger partial charge in [0.05, 0.1) is 27.9 Å². The number of aliphatic imine (C=N–C) groups is 1. The number of benzene rings is 2. The lowest BCUT2D eigenvalue weighted by molar-refractivity contribution is 0.414. The van der Waals surface area contributed by atoms with Crippen LogP contribution in [0.1, 0.15) is 5.56 Å². The third-order valence-electron chi connectivity index (χ3n) is 2.50. The highest BCUT2D eigenvalue weighted by Gasteiger charge is 2.08. The van der Waals surface area contributed by atoms with E-state index in [2.05, 4.69) is 4.99 Å². The molecule has 0 fully saturated rings. The molecule has 2 nitrogen and oxygen atoms in total. The van der Waals surface area contributed by atoms with Gasteiger partial charge >= 0.3 is 0 Å². The molecule has 2 aromatic rings. The summed E-state index contributed by atoms with van der Waals surface area (Å²) in [6.45, 7) is 0. The van der Waals surface area contributed by atoms with Crippen molar-refractivity contribution in [2.24, 2.45) is 4.99 Å². The van der Waals surface area contributed by atoms with E-state index in [4.69, 9.17) is 51.1 Å². The zero-order valence-corrected chi connectivity index (χ0v) is 13.4. The predicted molar refractivity (Wildman–Crippen MR) is 86.7 cm³/mol. The first-order valence-electron chi connectivity index (χ1n) is 5.53. The van der Waals surface area contributed by atoms with Gasteiger partial charge in [-0.05, 0) is 30.3 Å². The Hall–Kier alpha value is -0.930. The van der Waals surface area contributed by atoms with E-state index in [1.165, 1.54) is 7.11 Å². The topological polar surface area (TPSA) is 21.6 Å². The number of hydrogen-bond acceptors (Lipinski definition) is 2. The molecule has 0 aliphatic rings. The van der Waals surface area contributed by atoms with Crippen LogP contribution in [0.15, 0.2) is 35.3 Å². The highest BCUT2D eigenvalue weighted by molar-refractivity contribution is 6.42. The minimum atomic E-state index is 0.426. The van der Waals surface area contributed by atoms with E-state index in [-0.39, 0.29) is 0 Å². The molecular weight excluding hydrogens is 340 g/mol. The maximum absolute atomic E-state index is 6.05. The number of nitrogens with zero attached hydrogens (tertiary/aromatic N) is 1. The third kappa shape index (κ3) is 3.58. The first-order valence-corrected chi connectivity index (χ1v) is 7.04. The zero-order valence-electron chi connectivity index (χ0n) is 10.3. The van der Waals surface area contributed by atoms with Crippen LogP contribution in [-0.2, 0) is 0 Å². The Balaban J connectivity index is 2.38. The van der Waals surface area contributed by atoms with E-state index in [0.717, 1.165) is 0 Å². The molecule has 0 aliphatic carbocycles. The molecule has 0 aliphatic heterocycles. The lowest BCUT2D eigenvalue weighted by Gasteiger charge is -2.07. The molecule has 0 amide bonds. The van der Waals surface area contributed by atoms with Gasteiger partial charge in [0.2, 0.25) is 0 Å². The quantitative estimate of drug-likeness (QED) is 0.618. The van der Waals surface area contributed by atoms with E-state index in [9.17, 15) is 0 Å². The van der Waals surface area contributed by atoms with Gasteiger partial charge in [0.15, 0.2) is 0 Å². The van der Waals surface area contributed by atoms with Crippen molar-refractivity contribution in [3.63, 3.8) is 0 Å². The van der Waals surface area contributed by atoms with Gasteiger partial charge in [-0.1, -0.05) is 46.4 Å². The van der Waals surface area contributed by atoms with Gasteiger partial charge in [0.1, 0.15) is 5.75 Å². The smallest absolute Gasteiger partial charge is 0.146 e. The van der Waals surface area contributed by atoms with Gasteiger partial charge in [-0.25, -0.2) is 0 Å². The Bertz CT molecular complexity index is 670. The predicted octanol–water partition coefficient (Wildman–Crippen LogP) is 6.06. The summed E-state index contributed by atoms with van der Waals surface area (Å²) in [7, 11) is 1.53. The highest BCUT2D eigenvalue weighted by atomic mass is 35.5. The zero-order chi connectivity index (χ0) is 14.7. The fraction of sp³-hybridized carbons (Fsp3) is 0.0714. The summed E-state index contributed by atoms with van der Waals surface area (Å²) < 4.78 is 5.23. The summed E-state index contributed by atoms with van der Waals surface area (Å²) >= 11 is 23.8. The van der Waals surface area contributed by atoms with Gasteiger partial charge in [-0.3, -0.25) is 4.99 Å². The van der Waals surface area contributed by atoms with Crippen molar-refractivity contribution in [2.45, 2.75) is 0 Å².